The Hall–Kier alpha value is -1.85. The third-order valence-corrected chi connectivity index (χ3v) is 7.86. The average molecular weight is 455 g/mol. The largest absolute Gasteiger partial charge is 0.405 e. The van der Waals surface area contributed by atoms with Crippen LogP contribution in [-0.4, -0.2) is 38.3 Å². The van der Waals surface area contributed by atoms with E-state index < -0.39 is 5.92 Å². The molecule has 2 saturated heterocycles. The van der Waals surface area contributed by atoms with Crippen molar-refractivity contribution in [3.05, 3.63) is 41.5 Å². The van der Waals surface area contributed by atoms with Crippen molar-refractivity contribution in [1.82, 2.24) is 10.1 Å². The number of carbonyl (C=O) groups is 1. The van der Waals surface area contributed by atoms with Gasteiger partial charge in [0.1, 0.15) is 5.92 Å². The smallest absolute Gasteiger partial charge is 0.336 e. The van der Waals surface area contributed by atoms with E-state index in [1.54, 1.807) is 0 Å². The average Bonchev–Trinajstić information content (AvgIpc) is 3.06. The number of nitrogens with zero attached hydrogens (tertiary/aromatic N) is 2. The number of hydrogen-bond acceptors (Lipinski definition) is 5. The van der Waals surface area contributed by atoms with Crippen LogP contribution in [0.15, 0.2) is 30.3 Å². The van der Waals surface area contributed by atoms with Crippen molar-refractivity contribution >= 4 is 11.7 Å². The standard InChI is InChI=1S/C28H42N2O3/c1-25(2)15-11-16-26(3,4)29(25)32-23-19-22(20-13-9-10-14-21(20)23)24(31)33-30-27(5,6)17-12-18-28(30,7)8/h9-10,13-14,19,22H,11-12,15-18H2,1-8H3. The molecule has 182 valence electrons. The van der Waals surface area contributed by atoms with E-state index in [0.29, 0.717) is 0 Å². The van der Waals surface area contributed by atoms with Crippen molar-refractivity contribution in [3.8, 4) is 0 Å². The molecule has 1 unspecified atom stereocenters. The molecule has 0 bridgehead atoms. The second-order valence-electron chi connectivity index (χ2n) is 12.6. The maximum atomic E-state index is 13.6. The number of piperidine rings is 2. The van der Waals surface area contributed by atoms with Crippen LogP contribution in [0.5, 0.6) is 0 Å². The van der Waals surface area contributed by atoms with Gasteiger partial charge in [-0.15, -0.1) is 10.1 Å². The molecule has 0 saturated carbocycles. The number of hydrogen-bond donors (Lipinski definition) is 0. The van der Waals surface area contributed by atoms with Crippen LogP contribution >= 0.6 is 0 Å². The lowest BCUT2D eigenvalue weighted by Crippen LogP contribution is -2.59. The summed E-state index contributed by atoms with van der Waals surface area (Å²) < 4.78 is 0. The molecule has 0 amide bonds. The summed E-state index contributed by atoms with van der Waals surface area (Å²) in [5.41, 5.74) is 1.38. The van der Waals surface area contributed by atoms with Crippen LogP contribution in [0, 0.1) is 0 Å². The third kappa shape index (κ3) is 4.46. The van der Waals surface area contributed by atoms with Gasteiger partial charge in [-0.25, -0.2) is 4.79 Å². The first-order valence-corrected chi connectivity index (χ1v) is 12.6. The fourth-order valence-corrected chi connectivity index (χ4v) is 6.29. The van der Waals surface area contributed by atoms with Gasteiger partial charge in [0.15, 0.2) is 5.76 Å². The maximum Gasteiger partial charge on any atom is 0.336 e. The van der Waals surface area contributed by atoms with Gasteiger partial charge in [-0.2, -0.15) is 0 Å². The number of hydroxylamine groups is 4. The topological polar surface area (TPSA) is 42.0 Å². The molecule has 2 fully saturated rings. The van der Waals surface area contributed by atoms with Gasteiger partial charge in [0.25, 0.3) is 0 Å². The number of rotatable bonds is 4. The number of benzene rings is 1. The van der Waals surface area contributed by atoms with Gasteiger partial charge in [-0.1, -0.05) is 24.3 Å². The second kappa shape index (κ2) is 8.13. The maximum absolute atomic E-state index is 13.6. The lowest BCUT2D eigenvalue weighted by molar-refractivity contribution is -0.266. The van der Waals surface area contributed by atoms with Gasteiger partial charge >= 0.3 is 5.97 Å². The Kier molecular flexibility index (Phi) is 5.98. The summed E-state index contributed by atoms with van der Waals surface area (Å²) in [5, 5.41) is 4.09. The summed E-state index contributed by atoms with van der Waals surface area (Å²) in [5.74, 6) is 0.0507. The van der Waals surface area contributed by atoms with Crippen LogP contribution in [0.25, 0.3) is 5.76 Å². The van der Waals surface area contributed by atoms with Crippen LogP contribution in [0.2, 0.25) is 0 Å². The first kappa shape index (κ1) is 24.3. The highest BCUT2D eigenvalue weighted by Crippen LogP contribution is 2.45. The molecule has 0 spiro atoms. The van der Waals surface area contributed by atoms with Crippen molar-refractivity contribution in [3.63, 3.8) is 0 Å². The SMILES string of the molecule is CC1(C)CCCC(C)(C)N1OC(=O)C1C=C(ON2C(C)(C)CCCC2(C)C)c2ccccc21. The molecule has 1 aromatic carbocycles. The van der Waals surface area contributed by atoms with Crippen LogP contribution in [0.1, 0.15) is 111 Å². The molecular formula is C28H42N2O3. The van der Waals surface area contributed by atoms with Crippen molar-refractivity contribution in [2.45, 2.75) is 122 Å². The van der Waals surface area contributed by atoms with E-state index in [2.05, 4.69) is 60.5 Å². The quantitative estimate of drug-likeness (QED) is 0.513. The monoisotopic (exact) mass is 454 g/mol. The minimum absolute atomic E-state index is 0.0853. The molecule has 3 aliphatic rings. The molecule has 0 aromatic heterocycles. The molecule has 0 N–H and O–H groups in total. The fourth-order valence-electron chi connectivity index (χ4n) is 6.29. The predicted octanol–water partition coefficient (Wildman–Crippen LogP) is 6.60. The Labute approximate surface area is 200 Å². The zero-order valence-electron chi connectivity index (χ0n) is 21.8. The summed E-state index contributed by atoms with van der Waals surface area (Å²) in [4.78, 5) is 26.4. The molecule has 1 aliphatic carbocycles. The molecule has 5 heteroatoms. The molecule has 0 radical (unpaired) electrons. The second-order valence-corrected chi connectivity index (χ2v) is 12.6. The Balaban J connectivity index is 1.62. The van der Waals surface area contributed by atoms with E-state index in [0.717, 1.165) is 49.0 Å². The van der Waals surface area contributed by atoms with Gasteiger partial charge in [-0.05, 0) is 106 Å². The van der Waals surface area contributed by atoms with E-state index in [9.17, 15) is 4.79 Å². The molecular weight excluding hydrogens is 412 g/mol. The van der Waals surface area contributed by atoms with Gasteiger partial charge in [0, 0.05) is 5.56 Å². The minimum atomic E-state index is -0.472. The van der Waals surface area contributed by atoms with Crippen LogP contribution in [0.4, 0.5) is 0 Å². The highest BCUT2D eigenvalue weighted by atomic mass is 16.7. The van der Waals surface area contributed by atoms with Gasteiger partial charge < -0.3 is 9.68 Å². The highest BCUT2D eigenvalue weighted by Gasteiger charge is 2.47. The van der Waals surface area contributed by atoms with E-state index in [-0.39, 0.29) is 28.1 Å². The first-order valence-electron chi connectivity index (χ1n) is 12.6. The molecule has 4 rings (SSSR count). The minimum Gasteiger partial charge on any atom is -0.405 e. The lowest BCUT2D eigenvalue weighted by atomic mass is 9.82. The highest BCUT2D eigenvalue weighted by molar-refractivity contribution is 5.88. The van der Waals surface area contributed by atoms with Crippen molar-refractivity contribution in [1.29, 1.82) is 0 Å². The first-order chi connectivity index (χ1) is 15.2. The van der Waals surface area contributed by atoms with Crippen LogP contribution in [0.3, 0.4) is 0 Å². The van der Waals surface area contributed by atoms with Crippen LogP contribution < -0.4 is 0 Å². The van der Waals surface area contributed by atoms with E-state index in [4.69, 9.17) is 9.68 Å². The van der Waals surface area contributed by atoms with Crippen molar-refractivity contribution in [2.75, 3.05) is 0 Å². The van der Waals surface area contributed by atoms with E-state index in [1.165, 1.54) is 6.42 Å². The number of fused-ring (bicyclic) bond motifs is 1. The summed E-state index contributed by atoms with van der Waals surface area (Å²) in [6.45, 7) is 17.6. The summed E-state index contributed by atoms with van der Waals surface area (Å²) >= 11 is 0. The summed E-state index contributed by atoms with van der Waals surface area (Å²) in [6.07, 6.45) is 8.46. The Bertz CT molecular complexity index is 912. The predicted molar refractivity (Wildman–Crippen MR) is 132 cm³/mol. The number of carbonyl (C=O) groups excluding carboxylic acids is 1. The van der Waals surface area contributed by atoms with E-state index in [1.807, 2.05) is 35.4 Å². The van der Waals surface area contributed by atoms with Gasteiger partial charge in [0.2, 0.25) is 0 Å². The molecule has 5 nitrogen and oxygen atoms in total. The van der Waals surface area contributed by atoms with Crippen LogP contribution in [-0.2, 0) is 14.5 Å². The summed E-state index contributed by atoms with van der Waals surface area (Å²) in [7, 11) is 0. The van der Waals surface area contributed by atoms with Gasteiger partial charge in [0.05, 0.1) is 22.2 Å². The van der Waals surface area contributed by atoms with E-state index >= 15 is 0 Å². The Morgan fingerprint density at radius 2 is 1.27 bits per heavy atom. The third-order valence-electron chi connectivity index (χ3n) is 7.86. The Morgan fingerprint density at radius 1 is 0.788 bits per heavy atom. The molecule has 33 heavy (non-hydrogen) atoms. The zero-order chi connectivity index (χ0) is 24.2. The molecule has 2 aliphatic heterocycles. The lowest BCUT2D eigenvalue weighted by Gasteiger charge is -2.51. The molecule has 1 atom stereocenters. The zero-order valence-corrected chi connectivity index (χ0v) is 21.8. The summed E-state index contributed by atoms with van der Waals surface area (Å²) in [6, 6.07) is 8.06. The normalized spacial score (nSPS) is 28.0. The fraction of sp³-hybridized carbons (Fsp3) is 0.679. The molecule has 2 heterocycles. The Morgan fingerprint density at radius 3 is 1.82 bits per heavy atom. The van der Waals surface area contributed by atoms with Crippen molar-refractivity contribution in [2.24, 2.45) is 0 Å². The molecule has 1 aromatic rings. The van der Waals surface area contributed by atoms with Gasteiger partial charge in [-0.3, -0.25) is 0 Å². The van der Waals surface area contributed by atoms with Crippen molar-refractivity contribution < 1.29 is 14.5 Å².